The lowest BCUT2D eigenvalue weighted by Crippen LogP contribution is -2.62. The van der Waals surface area contributed by atoms with Crippen LogP contribution in [0, 0.1) is 5.92 Å². The largest absolute Gasteiger partial charge is 0.311 e. The lowest BCUT2D eigenvalue weighted by atomic mass is 9.92. The summed E-state index contributed by atoms with van der Waals surface area (Å²) in [5.41, 5.74) is 0. The average Bonchev–Trinajstić information content (AvgIpc) is 2.47. The molecular formula is C17H35N3. The van der Waals surface area contributed by atoms with E-state index in [9.17, 15) is 0 Å². The minimum Gasteiger partial charge on any atom is -0.311 e. The Kier molecular flexibility index (Phi) is 6.31. The lowest BCUT2D eigenvalue weighted by Gasteiger charge is -2.48. The Labute approximate surface area is 126 Å². The Hall–Kier alpha value is -0.120. The Morgan fingerprint density at radius 2 is 1.85 bits per heavy atom. The van der Waals surface area contributed by atoms with E-state index in [-0.39, 0.29) is 0 Å². The molecule has 2 aliphatic heterocycles. The number of hydrogen-bond donors (Lipinski definition) is 1. The van der Waals surface area contributed by atoms with Crippen LogP contribution in [0.2, 0.25) is 0 Å². The second-order valence-corrected chi connectivity index (χ2v) is 7.09. The first-order chi connectivity index (χ1) is 9.65. The fourth-order valence-electron chi connectivity index (χ4n) is 3.96. The van der Waals surface area contributed by atoms with E-state index in [1.807, 2.05) is 0 Å². The van der Waals surface area contributed by atoms with Gasteiger partial charge in [-0.1, -0.05) is 27.7 Å². The minimum absolute atomic E-state index is 0.707. The normalized spacial score (nSPS) is 31.1. The molecule has 0 bridgehead atoms. The van der Waals surface area contributed by atoms with Crippen LogP contribution in [0.5, 0.6) is 0 Å². The van der Waals surface area contributed by atoms with Crippen LogP contribution in [0.3, 0.4) is 0 Å². The molecule has 3 heteroatoms. The summed E-state index contributed by atoms with van der Waals surface area (Å²) in [5, 5.41) is 3.75. The van der Waals surface area contributed by atoms with Crippen molar-refractivity contribution in [2.75, 3.05) is 32.7 Å². The summed E-state index contributed by atoms with van der Waals surface area (Å²) in [5.74, 6) is 0.758. The van der Waals surface area contributed by atoms with Crippen molar-refractivity contribution in [3.8, 4) is 0 Å². The first-order valence-corrected chi connectivity index (χ1v) is 8.87. The maximum Gasteiger partial charge on any atom is 0.0247 e. The second kappa shape index (κ2) is 7.77. The smallest absolute Gasteiger partial charge is 0.0247 e. The van der Waals surface area contributed by atoms with E-state index < -0.39 is 0 Å². The fourth-order valence-corrected chi connectivity index (χ4v) is 3.96. The third-order valence-electron chi connectivity index (χ3n) is 5.30. The molecule has 118 valence electrons. The second-order valence-electron chi connectivity index (χ2n) is 7.09. The van der Waals surface area contributed by atoms with Crippen molar-refractivity contribution in [1.82, 2.24) is 15.1 Å². The molecule has 0 aliphatic carbocycles. The molecule has 2 unspecified atom stereocenters. The number of rotatable bonds is 5. The molecule has 0 spiro atoms. The topological polar surface area (TPSA) is 18.5 Å². The molecule has 3 nitrogen and oxygen atoms in total. The zero-order valence-electron chi connectivity index (χ0n) is 14.1. The van der Waals surface area contributed by atoms with E-state index >= 15 is 0 Å². The predicted molar refractivity (Wildman–Crippen MR) is 87.2 cm³/mol. The van der Waals surface area contributed by atoms with Gasteiger partial charge in [0.2, 0.25) is 0 Å². The summed E-state index contributed by atoms with van der Waals surface area (Å²) in [6, 6.07) is 2.27. The summed E-state index contributed by atoms with van der Waals surface area (Å²) >= 11 is 0. The zero-order valence-corrected chi connectivity index (χ0v) is 14.1. The van der Waals surface area contributed by atoms with Gasteiger partial charge < -0.3 is 10.2 Å². The van der Waals surface area contributed by atoms with Gasteiger partial charge in [-0.05, 0) is 51.2 Å². The molecule has 2 saturated heterocycles. The van der Waals surface area contributed by atoms with Gasteiger partial charge in [0.25, 0.3) is 0 Å². The number of likely N-dealkylation sites (tertiary alicyclic amines) is 1. The molecule has 0 amide bonds. The number of nitrogens with one attached hydrogen (secondary N) is 1. The molecule has 2 atom stereocenters. The van der Waals surface area contributed by atoms with Gasteiger partial charge in [-0.25, -0.2) is 0 Å². The summed E-state index contributed by atoms with van der Waals surface area (Å²) in [6.07, 6.45) is 5.31. The van der Waals surface area contributed by atoms with E-state index in [1.54, 1.807) is 0 Å². The maximum absolute atomic E-state index is 3.75. The highest BCUT2D eigenvalue weighted by Crippen LogP contribution is 2.25. The third kappa shape index (κ3) is 3.96. The number of piperidine rings is 1. The molecule has 0 aromatic carbocycles. The quantitative estimate of drug-likeness (QED) is 0.835. The lowest BCUT2D eigenvalue weighted by molar-refractivity contribution is 0.0234. The average molecular weight is 281 g/mol. The molecule has 0 aromatic rings. The standard InChI is InChI=1S/C17H35N3/c1-5-9-19-10-7-16(8-11-19)20-13-15(6-2)18-12-17(20)14(3)4/h14-18H,5-13H2,1-4H3. The molecular weight excluding hydrogens is 246 g/mol. The molecule has 2 heterocycles. The highest BCUT2D eigenvalue weighted by atomic mass is 15.3. The molecule has 2 aliphatic rings. The number of piperazine rings is 1. The molecule has 0 radical (unpaired) electrons. The number of hydrogen-bond acceptors (Lipinski definition) is 3. The van der Waals surface area contributed by atoms with E-state index in [0.717, 1.165) is 18.0 Å². The zero-order chi connectivity index (χ0) is 14.5. The molecule has 2 rings (SSSR count). The van der Waals surface area contributed by atoms with E-state index in [0.29, 0.717) is 6.04 Å². The monoisotopic (exact) mass is 281 g/mol. The van der Waals surface area contributed by atoms with Crippen LogP contribution in [0.25, 0.3) is 0 Å². The Morgan fingerprint density at radius 1 is 1.15 bits per heavy atom. The predicted octanol–water partition coefficient (Wildman–Crippen LogP) is 2.57. The van der Waals surface area contributed by atoms with E-state index in [4.69, 9.17) is 0 Å². The molecule has 1 N–H and O–H groups in total. The summed E-state index contributed by atoms with van der Waals surface area (Å²) < 4.78 is 0. The van der Waals surface area contributed by atoms with E-state index in [2.05, 4.69) is 42.8 Å². The molecule has 0 aromatic heterocycles. The first-order valence-electron chi connectivity index (χ1n) is 8.87. The number of nitrogens with zero attached hydrogens (tertiary/aromatic N) is 2. The van der Waals surface area contributed by atoms with Gasteiger partial charge in [0.1, 0.15) is 0 Å². The Morgan fingerprint density at radius 3 is 2.40 bits per heavy atom. The summed E-state index contributed by atoms with van der Waals surface area (Å²) in [4.78, 5) is 5.51. The van der Waals surface area contributed by atoms with Gasteiger partial charge in [-0.3, -0.25) is 4.90 Å². The molecule has 2 fully saturated rings. The summed E-state index contributed by atoms with van der Waals surface area (Å²) in [7, 11) is 0. The highest BCUT2D eigenvalue weighted by Gasteiger charge is 2.35. The molecule has 0 saturated carbocycles. The van der Waals surface area contributed by atoms with Crippen molar-refractivity contribution in [3.05, 3.63) is 0 Å². The highest BCUT2D eigenvalue weighted by molar-refractivity contribution is 4.92. The Bertz CT molecular complexity index is 271. The fraction of sp³-hybridized carbons (Fsp3) is 1.00. The van der Waals surface area contributed by atoms with Crippen LogP contribution in [0.1, 0.15) is 53.4 Å². The van der Waals surface area contributed by atoms with Gasteiger partial charge >= 0.3 is 0 Å². The third-order valence-corrected chi connectivity index (χ3v) is 5.30. The van der Waals surface area contributed by atoms with Gasteiger partial charge in [0, 0.05) is 31.2 Å². The van der Waals surface area contributed by atoms with Crippen LogP contribution in [-0.4, -0.2) is 60.6 Å². The van der Waals surface area contributed by atoms with Gasteiger partial charge in [-0.15, -0.1) is 0 Å². The van der Waals surface area contributed by atoms with Crippen LogP contribution >= 0.6 is 0 Å². The Balaban J connectivity index is 1.93. The van der Waals surface area contributed by atoms with Crippen molar-refractivity contribution in [2.45, 2.75) is 71.5 Å². The van der Waals surface area contributed by atoms with Crippen LogP contribution in [0.15, 0.2) is 0 Å². The van der Waals surface area contributed by atoms with Crippen molar-refractivity contribution < 1.29 is 0 Å². The van der Waals surface area contributed by atoms with Crippen LogP contribution in [0.4, 0.5) is 0 Å². The van der Waals surface area contributed by atoms with Crippen molar-refractivity contribution in [1.29, 1.82) is 0 Å². The summed E-state index contributed by atoms with van der Waals surface area (Å²) in [6.45, 7) is 15.7. The maximum atomic E-state index is 3.75. The van der Waals surface area contributed by atoms with Crippen molar-refractivity contribution in [2.24, 2.45) is 5.92 Å². The SMILES string of the molecule is CCCN1CCC(N2CC(CC)NCC2C(C)C)CC1. The van der Waals surface area contributed by atoms with Gasteiger partial charge in [-0.2, -0.15) is 0 Å². The first kappa shape index (κ1) is 16.3. The minimum atomic E-state index is 0.707. The van der Waals surface area contributed by atoms with Crippen LogP contribution < -0.4 is 5.32 Å². The van der Waals surface area contributed by atoms with Crippen molar-refractivity contribution in [3.63, 3.8) is 0 Å². The van der Waals surface area contributed by atoms with Gasteiger partial charge in [0.05, 0.1) is 0 Å². The van der Waals surface area contributed by atoms with Gasteiger partial charge in [0.15, 0.2) is 0 Å². The van der Waals surface area contributed by atoms with Crippen LogP contribution in [-0.2, 0) is 0 Å². The van der Waals surface area contributed by atoms with Crippen molar-refractivity contribution >= 4 is 0 Å². The molecule has 20 heavy (non-hydrogen) atoms. The van der Waals surface area contributed by atoms with E-state index in [1.165, 1.54) is 58.4 Å².